The zero-order valence-corrected chi connectivity index (χ0v) is 14.6. The summed E-state index contributed by atoms with van der Waals surface area (Å²) >= 11 is 18.1. The van der Waals surface area contributed by atoms with Gasteiger partial charge in [-0.05, 0) is 50.3 Å². The predicted molar refractivity (Wildman–Crippen MR) is 91.0 cm³/mol. The van der Waals surface area contributed by atoms with Crippen LogP contribution in [0.1, 0.15) is 39.0 Å². The number of hydrogen-bond acceptors (Lipinski definition) is 2. The lowest BCUT2D eigenvalue weighted by Gasteiger charge is -2.21. The molecule has 21 heavy (non-hydrogen) atoms. The van der Waals surface area contributed by atoms with Gasteiger partial charge in [-0.25, -0.2) is 0 Å². The molecule has 118 valence electrons. The molecular formula is C16H22Cl3NO. The molecule has 2 unspecified atom stereocenters. The lowest BCUT2D eigenvalue weighted by Crippen LogP contribution is -2.33. The summed E-state index contributed by atoms with van der Waals surface area (Å²) in [5, 5.41) is 5.10. The summed E-state index contributed by atoms with van der Waals surface area (Å²) in [7, 11) is 0. The molecule has 5 heteroatoms. The zero-order chi connectivity index (χ0) is 15.2. The van der Waals surface area contributed by atoms with E-state index in [1.165, 1.54) is 25.7 Å². The van der Waals surface area contributed by atoms with E-state index in [9.17, 15) is 0 Å². The Hall–Kier alpha value is -0.150. The smallest absolute Gasteiger partial charge is 0.156 e. The van der Waals surface area contributed by atoms with Gasteiger partial charge in [0, 0.05) is 11.1 Å². The number of nitrogens with one attached hydrogen (secondary N) is 1. The average molecular weight is 351 g/mol. The quantitative estimate of drug-likeness (QED) is 0.692. The fourth-order valence-corrected chi connectivity index (χ4v) is 3.89. The van der Waals surface area contributed by atoms with Crippen LogP contribution in [0.4, 0.5) is 0 Å². The number of hydrogen-bond donors (Lipinski definition) is 1. The van der Waals surface area contributed by atoms with Crippen molar-refractivity contribution in [3.63, 3.8) is 0 Å². The first-order chi connectivity index (χ1) is 10.1. The third kappa shape index (κ3) is 4.92. The van der Waals surface area contributed by atoms with E-state index in [4.69, 9.17) is 39.5 Å². The summed E-state index contributed by atoms with van der Waals surface area (Å²) in [4.78, 5) is 0. The molecule has 2 rings (SSSR count). The standard InChI is InChI=1S/C16H22Cl3NO/c1-2-7-20-15-5-3-4-11(15)6-8-21-16-13(18)9-12(17)10-14(16)19/h9-11,15,20H,2-8H2,1H3. The molecule has 1 aromatic rings. The lowest BCUT2D eigenvalue weighted by molar-refractivity contribution is 0.260. The number of ether oxygens (including phenoxy) is 1. The number of benzene rings is 1. The molecule has 1 aliphatic rings. The third-order valence-electron chi connectivity index (χ3n) is 4.01. The normalized spacial score (nSPS) is 21.7. The van der Waals surface area contributed by atoms with Gasteiger partial charge in [0.15, 0.2) is 5.75 Å². The minimum atomic E-state index is 0.472. The van der Waals surface area contributed by atoms with Crippen LogP contribution < -0.4 is 10.1 Å². The molecule has 0 bridgehead atoms. The minimum Gasteiger partial charge on any atom is -0.490 e. The Balaban J connectivity index is 1.84. The van der Waals surface area contributed by atoms with Crippen molar-refractivity contribution >= 4 is 34.8 Å². The largest absolute Gasteiger partial charge is 0.490 e. The van der Waals surface area contributed by atoms with Crippen molar-refractivity contribution in [1.82, 2.24) is 5.32 Å². The van der Waals surface area contributed by atoms with E-state index in [-0.39, 0.29) is 0 Å². The second kappa shape index (κ2) is 8.47. The molecule has 1 aromatic carbocycles. The van der Waals surface area contributed by atoms with Crippen molar-refractivity contribution in [2.24, 2.45) is 5.92 Å². The highest BCUT2D eigenvalue weighted by Crippen LogP contribution is 2.36. The summed E-state index contributed by atoms with van der Waals surface area (Å²) in [5.41, 5.74) is 0. The second-order valence-electron chi connectivity index (χ2n) is 5.59. The maximum Gasteiger partial charge on any atom is 0.156 e. The van der Waals surface area contributed by atoms with Crippen molar-refractivity contribution in [1.29, 1.82) is 0 Å². The van der Waals surface area contributed by atoms with Crippen molar-refractivity contribution < 1.29 is 4.74 Å². The van der Waals surface area contributed by atoms with E-state index in [0.29, 0.717) is 39.4 Å². The predicted octanol–water partition coefficient (Wildman–Crippen LogP) is 5.58. The van der Waals surface area contributed by atoms with Crippen molar-refractivity contribution in [3.05, 3.63) is 27.2 Å². The summed E-state index contributed by atoms with van der Waals surface area (Å²) in [6.07, 6.45) is 6.04. The molecule has 1 aliphatic carbocycles. The summed E-state index contributed by atoms with van der Waals surface area (Å²) in [6.45, 7) is 3.93. The zero-order valence-electron chi connectivity index (χ0n) is 12.3. The SMILES string of the molecule is CCCNC1CCCC1CCOc1c(Cl)cc(Cl)cc1Cl. The topological polar surface area (TPSA) is 21.3 Å². The van der Waals surface area contributed by atoms with Gasteiger partial charge in [0.05, 0.1) is 16.7 Å². The van der Waals surface area contributed by atoms with Gasteiger partial charge in [-0.1, -0.05) is 48.1 Å². The monoisotopic (exact) mass is 349 g/mol. The minimum absolute atomic E-state index is 0.472. The first-order valence-corrected chi connectivity index (χ1v) is 8.76. The Bertz CT molecular complexity index is 444. The molecule has 1 fully saturated rings. The maximum absolute atomic E-state index is 6.12. The van der Waals surface area contributed by atoms with Crippen LogP contribution in [0.3, 0.4) is 0 Å². The molecular weight excluding hydrogens is 329 g/mol. The third-order valence-corrected chi connectivity index (χ3v) is 4.79. The average Bonchev–Trinajstić information content (AvgIpc) is 2.86. The molecule has 1 saturated carbocycles. The first-order valence-electron chi connectivity index (χ1n) is 7.62. The summed E-state index contributed by atoms with van der Waals surface area (Å²) < 4.78 is 5.79. The number of halogens is 3. The fraction of sp³-hybridized carbons (Fsp3) is 0.625. The Morgan fingerprint density at radius 2 is 1.90 bits per heavy atom. The first kappa shape index (κ1) is 17.2. The van der Waals surface area contributed by atoms with Crippen molar-refractivity contribution in [2.45, 2.75) is 45.1 Å². The highest BCUT2D eigenvalue weighted by atomic mass is 35.5. The van der Waals surface area contributed by atoms with Crippen LogP contribution in [-0.4, -0.2) is 19.2 Å². The summed E-state index contributed by atoms with van der Waals surface area (Å²) in [6, 6.07) is 3.95. The Labute approximate surface area is 142 Å². The van der Waals surface area contributed by atoms with Gasteiger partial charge in [0.25, 0.3) is 0 Å². The highest BCUT2D eigenvalue weighted by molar-refractivity contribution is 6.40. The molecule has 2 nitrogen and oxygen atoms in total. The van der Waals surface area contributed by atoms with Crippen molar-refractivity contribution in [2.75, 3.05) is 13.2 Å². The van der Waals surface area contributed by atoms with Crippen LogP contribution in [0.25, 0.3) is 0 Å². The van der Waals surface area contributed by atoms with Gasteiger partial charge in [0.2, 0.25) is 0 Å². The van der Waals surface area contributed by atoms with E-state index >= 15 is 0 Å². The van der Waals surface area contributed by atoms with E-state index in [2.05, 4.69) is 12.2 Å². The van der Waals surface area contributed by atoms with Crippen LogP contribution in [0.2, 0.25) is 15.1 Å². The molecule has 1 N–H and O–H groups in total. The number of rotatable bonds is 7. The Morgan fingerprint density at radius 3 is 2.57 bits per heavy atom. The van der Waals surface area contributed by atoms with Gasteiger partial charge < -0.3 is 10.1 Å². The molecule has 0 saturated heterocycles. The molecule has 0 aliphatic heterocycles. The molecule has 0 aromatic heterocycles. The lowest BCUT2D eigenvalue weighted by atomic mass is 10.00. The van der Waals surface area contributed by atoms with Gasteiger partial charge in [-0.2, -0.15) is 0 Å². The summed E-state index contributed by atoms with van der Waals surface area (Å²) in [5.74, 6) is 1.22. The van der Waals surface area contributed by atoms with Gasteiger partial charge in [-0.3, -0.25) is 0 Å². The maximum atomic E-state index is 6.12. The molecule has 0 radical (unpaired) electrons. The van der Waals surface area contributed by atoms with Crippen LogP contribution in [0.15, 0.2) is 12.1 Å². The Kier molecular flexibility index (Phi) is 6.94. The molecule has 0 amide bonds. The van der Waals surface area contributed by atoms with Crippen LogP contribution in [0, 0.1) is 5.92 Å². The van der Waals surface area contributed by atoms with E-state index in [0.717, 1.165) is 13.0 Å². The molecule has 0 heterocycles. The van der Waals surface area contributed by atoms with E-state index < -0.39 is 0 Å². The van der Waals surface area contributed by atoms with E-state index in [1.54, 1.807) is 12.1 Å². The van der Waals surface area contributed by atoms with Crippen LogP contribution in [0.5, 0.6) is 5.75 Å². The highest BCUT2D eigenvalue weighted by Gasteiger charge is 2.26. The van der Waals surface area contributed by atoms with Gasteiger partial charge >= 0.3 is 0 Å². The van der Waals surface area contributed by atoms with Crippen molar-refractivity contribution in [3.8, 4) is 5.75 Å². The van der Waals surface area contributed by atoms with Crippen LogP contribution >= 0.6 is 34.8 Å². The van der Waals surface area contributed by atoms with E-state index in [1.807, 2.05) is 0 Å². The van der Waals surface area contributed by atoms with Crippen LogP contribution in [-0.2, 0) is 0 Å². The van der Waals surface area contributed by atoms with Gasteiger partial charge in [0.1, 0.15) is 0 Å². The molecule has 0 spiro atoms. The molecule has 2 atom stereocenters. The second-order valence-corrected chi connectivity index (χ2v) is 6.84. The van der Waals surface area contributed by atoms with Gasteiger partial charge in [-0.15, -0.1) is 0 Å². The fourth-order valence-electron chi connectivity index (χ4n) is 2.96. The Morgan fingerprint density at radius 1 is 1.19 bits per heavy atom.